The molecule has 0 spiro atoms. The van der Waals surface area contributed by atoms with Gasteiger partial charge in [-0.25, -0.2) is 13.2 Å². The summed E-state index contributed by atoms with van der Waals surface area (Å²) in [6.45, 7) is 7.65. The van der Waals surface area contributed by atoms with Crippen molar-refractivity contribution >= 4 is 41.5 Å². The number of fused-ring (bicyclic) bond motifs is 1. The first-order valence-corrected chi connectivity index (χ1v) is 17.1. The van der Waals surface area contributed by atoms with Crippen LogP contribution >= 0.6 is 11.6 Å². The summed E-state index contributed by atoms with van der Waals surface area (Å²) in [6.07, 6.45) is 5.60. The predicted octanol–water partition coefficient (Wildman–Crippen LogP) is 5.98. The van der Waals surface area contributed by atoms with E-state index in [0.717, 1.165) is 41.7 Å². The van der Waals surface area contributed by atoms with Gasteiger partial charge in [0, 0.05) is 5.56 Å². The Bertz CT molecular complexity index is 1190. The molecule has 1 aliphatic heterocycles. The standard InChI is InChI=1S/C25H33ClN2O4SSi/c1-17-10-13-20(14-11-17)33(30,31)25(32-34(2,3)4)21-16-19(18-8-6-5-7-9-18)12-15-22(21)28(23(25)26)24(27)29/h10-16,18,23H,5-9H2,1-4H3,(H2,27,29). The van der Waals surface area contributed by atoms with Crippen molar-refractivity contribution in [3.8, 4) is 0 Å². The Kier molecular flexibility index (Phi) is 6.65. The molecule has 2 aromatic rings. The van der Waals surface area contributed by atoms with Crippen LogP contribution < -0.4 is 10.6 Å². The lowest BCUT2D eigenvalue weighted by Crippen LogP contribution is -2.55. The molecule has 2 N–H and O–H groups in total. The van der Waals surface area contributed by atoms with E-state index in [2.05, 4.69) is 0 Å². The Labute approximate surface area is 208 Å². The van der Waals surface area contributed by atoms with Gasteiger partial charge in [-0.3, -0.25) is 4.90 Å². The van der Waals surface area contributed by atoms with Gasteiger partial charge in [-0.1, -0.05) is 54.6 Å². The van der Waals surface area contributed by atoms with Crippen molar-refractivity contribution in [1.29, 1.82) is 0 Å². The number of benzene rings is 2. The maximum Gasteiger partial charge on any atom is 0.320 e. The van der Waals surface area contributed by atoms with Gasteiger partial charge in [0.05, 0.1) is 10.6 Å². The molecule has 1 aliphatic carbocycles. The summed E-state index contributed by atoms with van der Waals surface area (Å²) in [4.78, 5) is 11.8. The van der Waals surface area contributed by atoms with E-state index >= 15 is 0 Å². The Balaban J connectivity index is 2.01. The van der Waals surface area contributed by atoms with Crippen molar-refractivity contribution in [2.45, 2.75) is 79.9 Å². The van der Waals surface area contributed by atoms with Gasteiger partial charge in [0.2, 0.25) is 14.8 Å². The molecule has 1 fully saturated rings. The summed E-state index contributed by atoms with van der Waals surface area (Å²) in [6, 6.07) is 11.5. The molecule has 2 unspecified atom stereocenters. The summed E-state index contributed by atoms with van der Waals surface area (Å²) in [5.41, 5.74) is 7.17. The van der Waals surface area contributed by atoms with Gasteiger partial charge in [-0.15, -0.1) is 0 Å². The van der Waals surface area contributed by atoms with Crippen LogP contribution in [0.2, 0.25) is 19.6 Å². The second kappa shape index (κ2) is 8.97. The fourth-order valence-corrected chi connectivity index (χ4v) is 9.93. The van der Waals surface area contributed by atoms with E-state index in [1.807, 2.05) is 38.7 Å². The number of urea groups is 1. The van der Waals surface area contributed by atoms with Gasteiger partial charge in [0.15, 0.2) is 13.8 Å². The summed E-state index contributed by atoms with van der Waals surface area (Å²) in [5, 5.41) is 0. The number of alkyl halides is 1. The molecule has 184 valence electrons. The smallest absolute Gasteiger partial charge is 0.320 e. The fraction of sp³-hybridized carbons (Fsp3) is 0.480. The Morgan fingerprint density at radius 3 is 2.26 bits per heavy atom. The molecule has 1 heterocycles. The topological polar surface area (TPSA) is 89.7 Å². The molecule has 2 amide bonds. The number of primary amides is 1. The van der Waals surface area contributed by atoms with Gasteiger partial charge in [0.1, 0.15) is 0 Å². The molecular formula is C25H33ClN2O4SSi. The third-order valence-electron chi connectivity index (χ3n) is 6.70. The van der Waals surface area contributed by atoms with Gasteiger partial charge in [-0.2, -0.15) is 0 Å². The molecule has 2 aliphatic rings. The zero-order valence-electron chi connectivity index (χ0n) is 20.2. The highest BCUT2D eigenvalue weighted by atomic mass is 35.5. The van der Waals surface area contributed by atoms with Crippen molar-refractivity contribution in [2.75, 3.05) is 4.90 Å². The lowest BCUT2D eigenvalue weighted by atomic mass is 9.83. The van der Waals surface area contributed by atoms with Gasteiger partial charge < -0.3 is 10.2 Å². The monoisotopic (exact) mass is 520 g/mol. The SMILES string of the molecule is Cc1ccc(S(=O)(=O)C2(O[Si](C)(C)C)c3cc(C4CCCCC4)ccc3N(C(N)=O)C2Cl)cc1. The summed E-state index contributed by atoms with van der Waals surface area (Å²) < 4.78 is 35.4. The van der Waals surface area contributed by atoms with Crippen molar-refractivity contribution in [1.82, 2.24) is 0 Å². The average molecular weight is 521 g/mol. The number of nitrogens with zero attached hydrogens (tertiary/aromatic N) is 1. The highest BCUT2D eigenvalue weighted by Crippen LogP contribution is 2.55. The number of hydrogen-bond donors (Lipinski definition) is 1. The van der Waals surface area contributed by atoms with Gasteiger partial charge in [0.25, 0.3) is 0 Å². The number of hydrogen-bond acceptors (Lipinski definition) is 4. The van der Waals surface area contributed by atoms with E-state index in [1.54, 1.807) is 30.3 Å². The van der Waals surface area contributed by atoms with E-state index in [4.69, 9.17) is 21.8 Å². The largest absolute Gasteiger partial charge is 0.393 e. The number of halogens is 1. The van der Waals surface area contributed by atoms with Crippen LogP contribution in [0, 0.1) is 6.92 Å². The number of sulfone groups is 1. The second-order valence-corrected chi connectivity index (χ2v) is 17.3. The molecule has 0 saturated heterocycles. The number of rotatable bonds is 5. The quantitative estimate of drug-likeness (QED) is 0.298. The predicted molar refractivity (Wildman–Crippen MR) is 138 cm³/mol. The molecule has 6 nitrogen and oxygen atoms in total. The maximum atomic E-state index is 14.4. The van der Waals surface area contributed by atoms with Crippen molar-refractivity contribution in [3.05, 3.63) is 59.2 Å². The number of nitrogens with two attached hydrogens (primary N) is 1. The summed E-state index contributed by atoms with van der Waals surface area (Å²) in [7, 11) is -6.72. The first kappa shape index (κ1) is 25.2. The molecule has 0 radical (unpaired) electrons. The molecule has 0 bridgehead atoms. The van der Waals surface area contributed by atoms with Crippen LogP contribution in [0.1, 0.15) is 54.7 Å². The van der Waals surface area contributed by atoms with E-state index in [1.165, 1.54) is 6.42 Å². The third-order valence-corrected chi connectivity index (χ3v) is 10.6. The van der Waals surface area contributed by atoms with Crippen LogP contribution in [0.5, 0.6) is 0 Å². The molecular weight excluding hydrogens is 488 g/mol. The van der Waals surface area contributed by atoms with Crippen LogP contribution in [0.15, 0.2) is 47.4 Å². The van der Waals surface area contributed by atoms with Crippen molar-refractivity contribution in [3.63, 3.8) is 0 Å². The number of carbonyl (C=O) groups excluding carboxylic acids is 1. The van der Waals surface area contributed by atoms with Gasteiger partial charge in [-0.05, 0) is 75.2 Å². The van der Waals surface area contributed by atoms with Crippen LogP contribution in [0.25, 0.3) is 0 Å². The maximum absolute atomic E-state index is 14.4. The Morgan fingerprint density at radius 2 is 1.71 bits per heavy atom. The minimum Gasteiger partial charge on any atom is -0.393 e. The first-order chi connectivity index (χ1) is 15.9. The van der Waals surface area contributed by atoms with E-state index < -0.39 is 34.6 Å². The number of anilines is 1. The first-order valence-electron chi connectivity index (χ1n) is 11.8. The molecule has 2 atom stereocenters. The van der Waals surface area contributed by atoms with Crippen LogP contribution in [0.4, 0.5) is 10.5 Å². The summed E-state index contributed by atoms with van der Waals surface area (Å²) >= 11 is 6.91. The number of aryl methyl sites for hydroxylation is 1. The Morgan fingerprint density at radius 1 is 1.09 bits per heavy atom. The van der Waals surface area contributed by atoms with Crippen molar-refractivity contribution in [2.24, 2.45) is 5.73 Å². The molecule has 1 saturated carbocycles. The zero-order chi connectivity index (χ0) is 24.9. The number of amides is 2. The second-order valence-electron chi connectivity index (χ2n) is 10.4. The van der Waals surface area contributed by atoms with E-state index in [-0.39, 0.29) is 4.90 Å². The average Bonchev–Trinajstić information content (AvgIpc) is 3.02. The molecule has 0 aromatic heterocycles. The van der Waals surface area contributed by atoms with E-state index in [0.29, 0.717) is 17.2 Å². The third kappa shape index (κ3) is 4.19. The van der Waals surface area contributed by atoms with Crippen LogP contribution in [0.3, 0.4) is 0 Å². The zero-order valence-corrected chi connectivity index (χ0v) is 22.7. The molecule has 34 heavy (non-hydrogen) atoms. The minimum atomic E-state index is -4.20. The highest BCUT2D eigenvalue weighted by Gasteiger charge is 2.63. The molecule has 9 heteroatoms. The summed E-state index contributed by atoms with van der Waals surface area (Å²) in [5.74, 6) is 0.335. The Hall–Kier alpha value is -1.87. The lowest BCUT2D eigenvalue weighted by Gasteiger charge is -2.39. The lowest BCUT2D eigenvalue weighted by molar-refractivity contribution is 0.148. The molecule has 4 rings (SSSR count). The van der Waals surface area contributed by atoms with Gasteiger partial charge >= 0.3 is 6.03 Å². The normalized spacial score (nSPS) is 23.7. The number of carbonyl (C=O) groups is 1. The highest BCUT2D eigenvalue weighted by molar-refractivity contribution is 7.92. The van der Waals surface area contributed by atoms with Crippen LogP contribution in [-0.4, -0.2) is 28.3 Å². The molecule has 2 aromatic carbocycles. The van der Waals surface area contributed by atoms with Crippen molar-refractivity contribution < 1.29 is 17.6 Å². The van der Waals surface area contributed by atoms with Crippen LogP contribution in [-0.2, 0) is 19.2 Å². The van der Waals surface area contributed by atoms with E-state index in [9.17, 15) is 13.2 Å². The minimum absolute atomic E-state index is 0.0994. The fourth-order valence-electron chi connectivity index (χ4n) is 5.16.